The summed E-state index contributed by atoms with van der Waals surface area (Å²) in [6.45, 7) is 5.80. The molecule has 1 aliphatic heterocycles. The number of rotatable bonds is 8. The maximum atomic E-state index is 12.7. The highest BCUT2D eigenvalue weighted by Gasteiger charge is 2.32. The molecule has 0 saturated carbocycles. The van der Waals surface area contributed by atoms with Gasteiger partial charge in [-0.2, -0.15) is 0 Å². The minimum Gasteiger partial charge on any atom is -0.497 e. The van der Waals surface area contributed by atoms with Crippen molar-refractivity contribution in [3.8, 4) is 5.75 Å². The van der Waals surface area contributed by atoms with Crippen molar-refractivity contribution in [2.75, 3.05) is 20.2 Å². The highest BCUT2D eigenvalue weighted by atomic mass is 32.2. The first kappa shape index (κ1) is 18.6. The zero-order valence-corrected chi connectivity index (χ0v) is 15.6. The highest BCUT2D eigenvalue weighted by molar-refractivity contribution is 8.18. The second-order valence-corrected chi connectivity index (χ2v) is 6.72. The zero-order chi connectivity index (χ0) is 17.4. The molecule has 0 bridgehead atoms. The lowest BCUT2D eigenvalue weighted by Crippen LogP contribution is -2.30. The number of aliphatic imine (C=N–C) groups is 1. The van der Waals surface area contributed by atoms with Crippen LogP contribution in [0.3, 0.4) is 0 Å². The molecule has 5 heteroatoms. The molecular formula is C19H26N2O2S. The number of hydrogen-bond acceptors (Lipinski definition) is 4. The molecule has 2 rings (SSSR count). The van der Waals surface area contributed by atoms with E-state index in [1.165, 1.54) is 11.8 Å². The van der Waals surface area contributed by atoms with Crippen molar-refractivity contribution < 1.29 is 9.53 Å². The number of carbonyl (C=O) groups is 1. The summed E-state index contributed by atoms with van der Waals surface area (Å²) in [6.07, 6.45) is 6.14. The van der Waals surface area contributed by atoms with Gasteiger partial charge >= 0.3 is 0 Å². The fourth-order valence-corrected chi connectivity index (χ4v) is 3.38. The monoisotopic (exact) mass is 346 g/mol. The van der Waals surface area contributed by atoms with Crippen LogP contribution < -0.4 is 4.74 Å². The summed E-state index contributed by atoms with van der Waals surface area (Å²) in [6, 6.07) is 7.74. The number of nitrogens with zero attached hydrogens (tertiary/aromatic N) is 2. The molecule has 1 fully saturated rings. The lowest BCUT2D eigenvalue weighted by molar-refractivity contribution is -0.122. The molecule has 1 amide bonds. The molecule has 1 aromatic rings. The first-order chi connectivity index (χ1) is 11.7. The van der Waals surface area contributed by atoms with E-state index in [1.54, 1.807) is 7.11 Å². The Balaban J connectivity index is 2.22. The van der Waals surface area contributed by atoms with E-state index in [9.17, 15) is 4.79 Å². The van der Waals surface area contributed by atoms with Gasteiger partial charge in [0, 0.05) is 13.1 Å². The summed E-state index contributed by atoms with van der Waals surface area (Å²) in [5.74, 6) is 0.853. The third kappa shape index (κ3) is 4.87. The maximum Gasteiger partial charge on any atom is 0.266 e. The molecule has 0 radical (unpaired) electrons. The first-order valence-corrected chi connectivity index (χ1v) is 9.41. The SMILES string of the molecule is CCCCN=C1S/C(=C\c2cccc(OC)c2)C(=O)N1CCCC. The van der Waals surface area contributed by atoms with Crippen LogP contribution in [0.2, 0.25) is 0 Å². The minimum atomic E-state index is 0.0616. The first-order valence-electron chi connectivity index (χ1n) is 8.59. The van der Waals surface area contributed by atoms with Gasteiger partial charge in [0.05, 0.1) is 12.0 Å². The predicted octanol–water partition coefficient (Wildman–Crippen LogP) is 4.57. The van der Waals surface area contributed by atoms with Crippen molar-refractivity contribution in [2.24, 2.45) is 4.99 Å². The Morgan fingerprint density at radius 3 is 2.75 bits per heavy atom. The second-order valence-electron chi connectivity index (χ2n) is 5.72. The Kier molecular flexibility index (Phi) is 7.37. The average molecular weight is 346 g/mol. The number of amidine groups is 1. The summed E-state index contributed by atoms with van der Waals surface area (Å²) < 4.78 is 5.25. The third-order valence-electron chi connectivity index (χ3n) is 3.77. The van der Waals surface area contributed by atoms with Gasteiger partial charge in [-0.25, -0.2) is 0 Å². The molecule has 4 nitrogen and oxygen atoms in total. The molecule has 0 spiro atoms. The van der Waals surface area contributed by atoms with Gasteiger partial charge in [0.1, 0.15) is 5.75 Å². The van der Waals surface area contributed by atoms with Crippen LogP contribution >= 0.6 is 11.8 Å². The van der Waals surface area contributed by atoms with Gasteiger partial charge < -0.3 is 4.74 Å². The standard InChI is InChI=1S/C19H26N2O2S/c1-4-6-11-20-19-21(12-7-5-2)18(22)17(24-19)14-15-9-8-10-16(13-15)23-3/h8-10,13-14H,4-7,11-12H2,1-3H3/b17-14-,20-19?. The molecule has 0 aliphatic carbocycles. The number of amides is 1. The van der Waals surface area contributed by atoms with E-state index in [4.69, 9.17) is 4.74 Å². The quantitative estimate of drug-likeness (QED) is 0.511. The Bertz CT molecular complexity index is 626. The zero-order valence-electron chi connectivity index (χ0n) is 14.7. The molecule has 130 valence electrons. The van der Waals surface area contributed by atoms with Crippen molar-refractivity contribution >= 4 is 28.9 Å². The van der Waals surface area contributed by atoms with Crippen LogP contribution in [0.25, 0.3) is 6.08 Å². The molecule has 1 heterocycles. The fraction of sp³-hybridized carbons (Fsp3) is 0.474. The van der Waals surface area contributed by atoms with Crippen molar-refractivity contribution in [1.29, 1.82) is 0 Å². The van der Waals surface area contributed by atoms with Crippen molar-refractivity contribution in [3.63, 3.8) is 0 Å². The van der Waals surface area contributed by atoms with Gasteiger partial charge in [0.2, 0.25) is 0 Å². The van der Waals surface area contributed by atoms with Gasteiger partial charge in [-0.15, -0.1) is 0 Å². The van der Waals surface area contributed by atoms with Crippen LogP contribution in [-0.2, 0) is 4.79 Å². The number of ether oxygens (including phenoxy) is 1. The Labute approximate surface area is 149 Å². The van der Waals surface area contributed by atoms with Crippen molar-refractivity contribution in [1.82, 2.24) is 4.90 Å². The molecule has 0 aromatic heterocycles. The van der Waals surface area contributed by atoms with Gasteiger partial charge in [-0.05, 0) is 48.4 Å². The van der Waals surface area contributed by atoms with Gasteiger partial charge in [-0.1, -0.05) is 38.8 Å². The average Bonchev–Trinajstić information content (AvgIpc) is 2.89. The van der Waals surface area contributed by atoms with Crippen LogP contribution in [0.5, 0.6) is 5.75 Å². The highest BCUT2D eigenvalue weighted by Crippen LogP contribution is 2.33. The summed E-state index contributed by atoms with van der Waals surface area (Å²) in [4.78, 5) is 19.9. The Morgan fingerprint density at radius 2 is 2.04 bits per heavy atom. The fourth-order valence-electron chi connectivity index (χ4n) is 2.35. The summed E-state index contributed by atoms with van der Waals surface area (Å²) >= 11 is 1.48. The molecule has 0 unspecified atom stereocenters. The largest absolute Gasteiger partial charge is 0.497 e. The number of carbonyl (C=O) groups excluding carboxylic acids is 1. The normalized spacial score (nSPS) is 18.0. The summed E-state index contributed by atoms with van der Waals surface area (Å²) in [5.41, 5.74) is 0.968. The van der Waals surface area contributed by atoms with E-state index < -0.39 is 0 Å². The van der Waals surface area contributed by atoms with Crippen LogP contribution in [0.4, 0.5) is 0 Å². The van der Waals surface area contributed by atoms with E-state index in [0.717, 1.165) is 60.2 Å². The molecule has 1 saturated heterocycles. The molecular weight excluding hydrogens is 320 g/mol. The predicted molar refractivity (Wildman–Crippen MR) is 102 cm³/mol. The summed E-state index contributed by atoms with van der Waals surface area (Å²) in [5, 5.41) is 0.844. The van der Waals surface area contributed by atoms with Crippen LogP contribution in [-0.4, -0.2) is 36.2 Å². The number of hydrogen-bond donors (Lipinski definition) is 0. The van der Waals surface area contributed by atoms with Gasteiger partial charge in [-0.3, -0.25) is 14.7 Å². The second kappa shape index (κ2) is 9.52. The third-order valence-corrected chi connectivity index (χ3v) is 4.82. The van der Waals surface area contributed by atoms with E-state index in [2.05, 4.69) is 18.8 Å². The molecule has 1 aliphatic rings. The minimum absolute atomic E-state index is 0.0616. The molecule has 24 heavy (non-hydrogen) atoms. The lowest BCUT2D eigenvalue weighted by atomic mass is 10.2. The Morgan fingerprint density at radius 1 is 1.25 bits per heavy atom. The van der Waals surface area contributed by atoms with Gasteiger partial charge in [0.15, 0.2) is 5.17 Å². The number of thioether (sulfide) groups is 1. The van der Waals surface area contributed by atoms with Crippen molar-refractivity contribution in [3.05, 3.63) is 34.7 Å². The summed E-state index contributed by atoms with van der Waals surface area (Å²) in [7, 11) is 1.65. The lowest BCUT2D eigenvalue weighted by Gasteiger charge is -2.14. The van der Waals surface area contributed by atoms with Crippen LogP contribution in [0, 0.1) is 0 Å². The van der Waals surface area contributed by atoms with E-state index in [1.807, 2.05) is 35.2 Å². The molecule has 1 aromatic carbocycles. The Hall–Kier alpha value is -1.75. The molecule has 0 N–H and O–H groups in total. The van der Waals surface area contributed by atoms with E-state index in [0.29, 0.717) is 0 Å². The maximum absolute atomic E-state index is 12.7. The topological polar surface area (TPSA) is 41.9 Å². The van der Waals surface area contributed by atoms with E-state index >= 15 is 0 Å². The van der Waals surface area contributed by atoms with Gasteiger partial charge in [0.25, 0.3) is 5.91 Å². The smallest absolute Gasteiger partial charge is 0.266 e. The number of unbranched alkanes of at least 4 members (excludes halogenated alkanes) is 2. The van der Waals surface area contributed by atoms with E-state index in [-0.39, 0.29) is 5.91 Å². The van der Waals surface area contributed by atoms with Crippen molar-refractivity contribution in [2.45, 2.75) is 39.5 Å². The number of benzene rings is 1. The molecule has 0 atom stereocenters. The number of methoxy groups -OCH3 is 1. The van der Waals surface area contributed by atoms with Crippen LogP contribution in [0.15, 0.2) is 34.2 Å². The van der Waals surface area contributed by atoms with Crippen LogP contribution in [0.1, 0.15) is 45.1 Å².